The van der Waals surface area contributed by atoms with Gasteiger partial charge >= 0.3 is 0 Å². The summed E-state index contributed by atoms with van der Waals surface area (Å²) in [5.74, 6) is -1.28. The van der Waals surface area contributed by atoms with Crippen LogP contribution in [0.5, 0.6) is 11.5 Å². The summed E-state index contributed by atoms with van der Waals surface area (Å²) in [4.78, 5) is 35.8. The van der Waals surface area contributed by atoms with Crippen molar-refractivity contribution >= 4 is 79.9 Å². The van der Waals surface area contributed by atoms with E-state index >= 15 is 0 Å². The molecule has 270 valence electrons. The molecular formula is C25H26N12O11S3. The van der Waals surface area contributed by atoms with Crippen LogP contribution in [0.3, 0.4) is 0 Å². The fourth-order valence-electron chi connectivity index (χ4n) is 4.86. The van der Waals surface area contributed by atoms with Crippen LogP contribution >= 0.6 is 24.1 Å². The van der Waals surface area contributed by atoms with Crippen LogP contribution in [0.25, 0.3) is 10.8 Å². The van der Waals surface area contributed by atoms with Gasteiger partial charge in [0.15, 0.2) is 10.6 Å². The third-order valence-corrected chi connectivity index (χ3v) is 8.85. The maximum Gasteiger partial charge on any atom is 0.300 e. The van der Waals surface area contributed by atoms with Crippen molar-refractivity contribution < 1.29 is 52.4 Å². The lowest BCUT2D eigenvalue weighted by atomic mass is 10.0. The van der Waals surface area contributed by atoms with Gasteiger partial charge in [0.2, 0.25) is 17.8 Å². The number of nitrogens with one attached hydrogen (secondary N) is 3. The highest BCUT2D eigenvalue weighted by Gasteiger charge is 2.35. The van der Waals surface area contributed by atoms with Gasteiger partial charge in [-0.05, 0) is 41.5 Å². The third kappa shape index (κ3) is 8.20. The number of phenols is 2. The monoisotopic (exact) mass is 766 g/mol. The van der Waals surface area contributed by atoms with Crippen LogP contribution < -0.4 is 16.0 Å². The minimum absolute atomic E-state index is 0.135. The summed E-state index contributed by atoms with van der Waals surface area (Å²) >= 11 is 0.536. The molecule has 0 amide bonds. The minimum Gasteiger partial charge on any atom is -0.506 e. The molecule has 0 aliphatic rings. The summed E-state index contributed by atoms with van der Waals surface area (Å²) in [5, 5.41) is 57.2. The van der Waals surface area contributed by atoms with E-state index in [-0.39, 0.29) is 98.0 Å². The SMILES string of the molecule is Cc1nc(C)nc(Nc2c(S(=O)(=O)O)c(O)c3c(Nc4nc(C)nc(C)n4)c(SOOO)c(SOOO)c(Nc4nc(C)nc(C)n4)c3c2O)n1. The second-order valence-corrected chi connectivity index (χ2v) is 12.9. The van der Waals surface area contributed by atoms with E-state index in [1.54, 1.807) is 27.7 Å². The first kappa shape index (κ1) is 37.4. The quantitative estimate of drug-likeness (QED) is 0.0210. The molecule has 8 N–H and O–H groups in total. The highest BCUT2D eigenvalue weighted by molar-refractivity contribution is 7.98. The van der Waals surface area contributed by atoms with Crippen LogP contribution in [0, 0.1) is 41.5 Å². The summed E-state index contributed by atoms with van der Waals surface area (Å²) in [6, 6.07) is 0. The minimum atomic E-state index is -5.41. The molecule has 0 bridgehead atoms. The predicted octanol–water partition coefficient (Wildman–Crippen LogP) is 3.99. The molecule has 0 fully saturated rings. The molecule has 5 rings (SSSR count). The van der Waals surface area contributed by atoms with Gasteiger partial charge in [0.25, 0.3) is 10.1 Å². The van der Waals surface area contributed by atoms with Crippen molar-refractivity contribution in [2.75, 3.05) is 16.0 Å². The lowest BCUT2D eigenvalue weighted by molar-refractivity contribution is -0.432. The number of aromatic hydroxyl groups is 2. The van der Waals surface area contributed by atoms with E-state index in [0.29, 0.717) is 0 Å². The Labute approximate surface area is 295 Å². The molecule has 0 aliphatic heterocycles. The molecule has 5 aromatic rings. The van der Waals surface area contributed by atoms with Gasteiger partial charge in [-0.25, -0.2) is 25.5 Å². The van der Waals surface area contributed by atoms with Gasteiger partial charge in [-0.15, -0.1) is 8.67 Å². The number of hydrogen-bond acceptors (Lipinski definition) is 24. The molecular weight excluding hydrogens is 741 g/mol. The Bertz CT molecular complexity index is 2210. The highest BCUT2D eigenvalue weighted by atomic mass is 32.2. The Morgan fingerprint density at radius 3 is 1.16 bits per heavy atom. The predicted molar refractivity (Wildman–Crippen MR) is 176 cm³/mol. The lowest BCUT2D eigenvalue weighted by Crippen LogP contribution is -2.11. The second-order valence-electron chi connectivity index (χ2n) is 10.1. The van der Waals surface area contributed by atoms with Gasteiger partial charge in [-0.2, -0.15) is 38.3 Å². The zero-order valence-electron chi connectivity index (χ0n) is 26.9. The smallest absolute Gasteiger partial charge is 0.300 e. The van der Waals surface area contributed by atoms with E-state index in [1.807, 2.05) is 0 Å². The summed E-state index contributed by atoms with van der Waals surface area (Å²) in [7, 11) is -5.41. The van der Waals surface area contributed by atoms with Crippen LogP contribution in [0.1, 0.15) is 34.9 Å². The lowest BCUT2D eigenvalue weighted by Gasteiger charge is -2.24. The number of fused-ring (bicyclic) bond motifs is 1. The summed E-state index contributed by atoms with van der Waals surface area (Å²) in [5.41, 5.74) is -1.40. The fraction of sp³-hybridized carbons (Fsp3) is 0.240. The molecule has 0 radical (unpaired) electrons. The first-order valence-electron chi connectivity index (χ1n) is 13.9. The van der Waals surface area contributed by atoms with Crippen LogP contribution in [-0.2, 0) is 28.9 Å². The van der Waals surface area contributed by atoms with Gasteiger partial charge in [0.05, 0.1) is 56.0 Å². The normalized spacial score (nSPS) is 11.6. The molecule has 2 aromatic carbocycles. The number of aryl methyl sites for hydroxylation is 6. The molecule has 0 unspecified atom stereocenters. The topological polar surface area (TPSA) is 324 Å². The van der Waals surface area contributed by atoms with Crippen molar-refractivity contribution in [2.45, 2.75) is 56.2 Å². The average molecular weight is 767 g/mol. The van der Waals surface area contributed by atoms with Crippen molar-refractivity contribution in [3.8, 4) is 11.5 Å². The van der Waals surface area contributed by atoms with Crippen molar-refractivity contribution in [2.24, 2.45) is 0 Å². The van der Waals surface area contributed by atoms with Gasteiger partial charge in [0, 0.05) is 0 Å². The summed E-state index contributed by atoms with van der Waals surface area (Å²) in [6.07, 6.45) is 0. The summed E-state index contributed by atoms with van der Waals surface area (Å²) < 4.78 is 46.0. The van der Waals surface area contributed by atoms with Gasteiger partial charge < -0.3 is 26.2 Å². The van der Waals surface area contributed by atoms with Gasteiger partial charge in [0.1, 0.15) is 46.4 Å². The Morgan fingerprint density at radius 2 is 0.843 bits per heavy atom. The van der Waals surface area contributed by atoms with Gasteiger partial charge in [-0.1, -0.05) is 10.1 Å². The van der Waals surface area contributed by atoms with E-state index in [2.05, 4.69) is 70.9 Å². The number of anilines is 6. The molecule has 26 heteroatoms. The number of hydrogen-bond donors (Lipinski definition) is 8. The van der Waals surface area contributed by atoms with Crippen molar-refractivity contribution in [1.29, 1.82) is 0 Å². The number of rotatable bonds is 13. The third-order valence-electron chi connectivity index (χ3n) is 6.40. The van der Waals surface area contributed by atoms with E-state index in [1.165, 1.54) is 13.8 Å². The standard InChI is InChI=1S/C25H26N12O11S3/c1-7-26-8(2)30-23(29-7)35-15-13-14(19(39)22(51(42,43)44)17(18(13)38)37-25-33-11(5)28-12(6)34-25)16(36-24-31-9(3)27-10(4)32-24)21(50-48-46-41)20(15)49-47-45-40/h38-41H,1-6H3,(H,42,43,44)(H,26,29,30,35)(H,27,31,32,36)(H,28,33,34,37). The zero-order chi connectivity index (χ0) is 37.2. The molecule has 0 saturated carbocycles. The number of phenolic OH excluding ortho intramolecular Hbond substituents is 2. The molecule has 23 nitrogen and oxygen atoms in total. The second kappa shape index (κ2) is 15.1. The van der Waals surface area contributed by atoms with Gasteiger partial charge in [-0.3, -0.25) is 4.55 Å². The molecule has 3 heterocycles. The largest absolute Gasteiger partial charge is 0.506 e. The first-order valence-corrected chi connectivity index (χ1v) is 16.8. The zero-order valence-corrected chi connectivity index (χ0v) is 29.4. The van der Waals surface area contributed by atoms with E-state index < -0.39 is 43.0 Å². The van der Waals surface area contributed by atoms with Crippen LogP contribution in [0.4, 0.5) is 34.9 Å². The molecule has 51 heavy (non-hydrogen) atoms. The maximum absolute atomic E-state index is 13.0. The summed E-state index contributed by atoms with van der Waals surface area (Å²) in [6.45, 7) is 9.29. The highest BCUT2D eigenvalue weighted by Crippen LogP contribution is 2.57. The molecule has 0 spiro atoms. The van der Waals surface area contributed by atoms with Crippen molar-refractivity contribution in [3.63, 3.8) is 0 Å². The maximum atomic E-state index is 13.0. The molecule has 0 saturated heterocycles. The van der Waals surface area contributed by atoms with Crippen molar-refractivity contribution in [1.82, 2.24) is 44.9 Å². The Morgan fingerprint density at radius 1 is 0.529 bits per heavy atom. The Kier molecular flexibility index (Phi) is 11.1. The van der Waals surface area contributed by atoms with Crippen LogP contribution in [0.2, 0.25) is 0 Å². The van der Waals surface area contributed by atoms with E-state index in [9.17, 15) is 23.2 Å². The fourth-order valence-corrected chi connectivity index (χ4v) is 6.84. The van der Waals surface area contributed by atoms with Crippen molar-refractivity contribution in [3.05, 3.63) is 34.9 Å². The first-order chi connectivity index (χ1) is 24.1. The van der Waals surface area contributed by atoms with Crippen LogP contribution in [0.15, 0.2) is 14.7 Å². The average Bonchev–Trinajstić information content (AvgIpc) is 3.00. The Balaban J connectivity index is 2.01. The molecule has 0 aliphatic carbocycles. The number of nitrogens with zero attached hydrogens (tertiary/aromatic N) is 9. The molecule has 0 atom stereocenters. The number of aromatic nitrogens is 9. The van der Waals surface area contributed by atoms with E-state index in [4.69, 9.17) is 19.2 Å². The molecule has 3 aromatic heterocycles. The number of benzene rings is 2. The Hall–Kier alpha value is -4.90. The van der Waals surface area contributed by atoms with Crippen LogP contribution in [-0.4, -0.2) is 78.6 Å². The van der Waals surface area contributed by atoms with E-state index in [0.717, 1.165) is 0 Å².